The van der Waals surface area contributed by atoms with E-state index in [-0.39, 0.29) is 5.41 Å². The van der Waals surface area contributed by atoms with E-state index in [9.17, 15) is 0 Å². The van der Waals surface area contributed by atoms with E-state index >= 15 is 0 Å². The quantitative estimate of drug-likeness (QED) is 0.161. The van der Waals surface area contributed by atoms with Gasteiger partial charge >= 0.3 is 0 Å². The number of para-hydroxylation sites is 2. The van der Waals surface area contributed by atoms with E-state index < -0.39 is 0 Å². The summed E-state index contributed by atoms with van der Waals surface area (Å²) in [7, 11) is 0. The normalized spacial score (nSPS) is 17.3. The SMILES string of the molecule is CC1(C)c2cc(-c3c4ccccc4c(-c4ccccc4)c4ccc(-c5ccc6c(c5)CCc5ccccc5N6c5ccccc5)cc34)c3ccccc3c2C2C=CC=CC21. The van der Waals surface area contributed by atoms with E-state index in [0.29, 0.717) is 11.8 Å². The molecule has 1 aliphatic heterocycles. The zero-order valence-corrected chi connectivity index (χ0v) is 34.1. The van der Waals surface area contributed by atoms with Crippen LogP contribution in [0.5, 0.6) is 0 Å². The van der Waals surface area contributed by atoms with Crippen LogP contribution in [0.4, 0.5) is 17.1 Å². The molecule has 12 rings (SSSR count). The van der Waals surface area contributed by atoms with E-state index in [1.807, 2.05) is 0 Å². The number of rotatable bonds is 4. The fourth-order valence-corrected chi connectivity index (χ4v) is 11.2. The Hall–Kier alpha value is -6.96. The summed E-state index contributed by atoms with van der Waals surface area (Å²) < 4.78 is 0. The van der Waals surface area contributed by atoms with Gasteiger partial charge in [-0.05, 0) is 155 Å². The van der Waals surface area contributed by atoms with Gasteiger partial charge in [0.05, 0.1) is 0 Å². The van der Waals surface area contributed by atoms with Crippen LogP contribution in [0.2, 0.25) is 0 Å². The van der Waals surface area contributed by atoms with Gasteiger partial charge in [-0.2, -0.15) is 0 Å². The highest BCUT2D eigenvalue weighted by atomic mass is 15.1. The van der Waals surface area contributed by atoms with E-state index in [0.717, 1.165) is 12.8 Å². The number of hydrogen-bond donors (Lipinski definition) is 0. The lowest BCUT2D eigenvalue weighted by Gasteiger charge is -2.29. The number of aryl methyl sites for hydroxylation is 2. The molecule has 9 aromatic rings. The summed E-state index contributed by atoms with van der Waals surface area (Å²) in [5.74, 6) is 0.800. The molecule has 0 N–H and O–H groups in total. The van der Waals surface area contributed by atoms with Crippen LogP contribution in [-0.4, -0.2) is 0 Å². The Morgan fingerprint density at radius 1 is 0.450 bits per heavy atom. The fourth-order valence-electron chi connectivity index (χ4n) is 11.2. The summed E-state index contributed by atoms with van der Waals surface area (Å²) in [4.78, 5) is 2.46. The maximum atomic E-state index is 2.59. The summed E-state index contributed by atoms with van der Waals surface area (Å²) in [6, 6.07) is 66.1. The average Bonchev–Trinajstić information content (AvgIpc) is 3.41. The fraction of sp³-hybridized carbons (Fsp3) is 0.119. The van der Waals surface area contributed by atoms with E-state index in [2.05, 4.69) is 219 Å². The third kappa shape index (κ3) is 5.25. The minimum atomic E-state index is -0.0179. The maximum absolute atomic E-state index is 2.59. The molecule has 0 spiro atoms. The van der Waals surface area contributed by atoms with Crippen LogP contribution in [0.1, 0.15) is 42.0 Å². The first-order chi connectivity index (χ1) is 29.5. The van der Waals surface area contributed by atoms with Gasteiger partial charge in [-0.3, -0.25) is 0 Å². The largest absolute Gasteiger partial charge is 0.310 e. The van der Waals surface area contributed by atoms with Gasteiger partial charge in [-0.15, -0.1) is 0 Å². The lowest BCUT2D eigenvalue weighted by Crippen LogP contribution is -2.24. The van der Waals surface area contributed by atoms with Crippen LogP contribution in [0, 0.1) is 5.92 Å². The number of fused-ring (bicyclic) bond motifs is 9. The van der Waals surface area contributed by atoms with Crippen molar-refractivity contribution >= 4 is 49.4 Å². The Balaban J connectivity index is 1.13. The molecule has 60 heavy (non-hydrogen) atoms. The molecule has 286 valence electrons. The van der Waals surface area contributed by atoms with Crippen molar-refractivity contribution in [3.63, 3.8) is 0 Å². The van der Waals surface area contributed by atoms with Crippen molar-refractivity contribution in [1.82, 2.24) is 0 Å². The predicted molar refractivity (Wildman–Crippen MR) is 255 cm³/mol. The topological polar surface area (TPSA) is 3.24 Å². The highest BCUT2D eigenvalue weighted by molar-refractivity contribution is 6.24. The summed E-state index contributed by atoms with van der Waals surface area (Å²) in [6.45, 7) is 4.92. The number of benzene rings is 9. The van der Waals surface area contributed by atoms with Crippen molar-refractivity contribution in [2.24, 2.45) is 5.92 Å². The van der Waals surface area contributed by atoms with E-state index in [1.54, 1.807) is 0 Å². The predicted octanol–water partition coefficient (Wildman–Crippen LogP) is 15.8. The van der Waals surface area contributed by atoms with Gasteiger partial charge in [0.1, 0.15) is 0 Å². The second-order valence-electron chi connectivity index (χ2n) is 17.5. The zero-order valence-electron chi connectivity index (χ0n) is 34.1. The number of nitrogens with zero attached hydrogens (tertiary/aromatic N) is 1. The Kier molecular flexibility index (Phi) is 7.91. The molecule has 0 saturated carbocycles. The smallest absolute Gasteiger partial charge is 0.0494 e. The number of allylic oxidation sites excluding steroid dienone is 4. The molecule has 0 fully saturated rings. The molecule has 0 saturated heterocycles. The third-order valence-electron chi connectivity index (χ3n) is 14.0. The lowest BCUT2D eigenvalue weighted by atomic mass is 9.74. The molecular weight excluding hydrogens is 723 g/mol. The second kappa shape index (κ2) is 13.5. The summed E-state index contributed by atoms with van der Waals surface area (Å²) >= 11 is 0. The van der Waals surface area contributed by atoms with Gasteiger partial charge in [0.25, 0.3) is 0 Å². The van der Waals surface area contributed by atoms with Crippen LogP contribution < -0.4 is 4.90 Å². The van der Waals surface area contributed by atoms with Crippen LogP contribution in [0.15, 0.2) is 200 Å². The van der Waals surface area contributed by atoms with Gasteiger partial charge < -0.3 is 4.90 Å². The molecule has 1 nitrogen and oxygen atoms in total. The maximum Gasteiger partial charge on any atom is 0.0494 e. The molecular formula is C59H45N. The zero-order chi connectivity index (χ0) is 40.0. The Labute approximate surface area is 352 Å². The minimum absolute atomic E-state index is 0.0179. The molecule has 0 aromatic heterocycles. The first kappa shape index (κ1) is 35.0. The average molecular weight is 768 g/mol. The lowest BCUT2D eigenvalue weighted by molar-refractivity contribution is 0.394. The van der Waals surface area contributed by atoms with Crippen LogP contribution >= 0.6 is 0 Å². The molecule has 0 radical (unpaired) electrons. The molecule has 2 unspecified atom stereocenters. The van der Waals surface area contributed by atoms with Crippen LogP contribution in [0.25, 0.3) is 65.7 Å². The Bertz CT molecular complexity index is 3240. The van der Waals surface area contributed by atoms with Gasteiger partial charge in [0.2, 0.25) is 0 Å². The number of hydrogen-bond acceptors (Lipinski definition) is 1. The highest BCUT2D eigenvalue weighted by Gasteiger charge is 2.45. The standard InChI is InChI=1S/C59H45N/c1-59(2)52-27-15-14-26-49(52)58-45-23-11-10-22-44(45)51(37-53(58)59)57-47-25-13-12-24-46(47)56(39-18-5-3-6-19-39)48-33-31-41(36-50(48)57)40-32-34-55-42(35-40)30-29-38-17-9-16-28-54(38)60(55)43-20-7-4-8-21-43/h3-28,31-37,49,52H,29-30H2,1-2H3. The van der Waals surface area contributed by atoms with E-state index in [4.69, 9.17) is 0 Å². The van der Waals surface area contributed by atoms with Crippen LogP contribution in [-0.2, 0) is 18.3 Å². The monoisotopic (exact) mass is 767 g/mol. The molecule has 2 aliphatic carbocycles. The van der Waals surface area contributed by atoms with Crippen molar-refractivity contribution in [1.29, 1.82) is 0 Å². The van der Waals surface area contributed by atoms with Gasteiger partial charge in [-0.25, -0.2) is 0 Å². The molecule has 0 bridgehead atoms. The third-order valence-corrected chi connectivity index (χ3v) is 14.0. The number of anilines is 3. The van der Waals surface area contributed by atoms with Gasteiger partial charge in [0, 0.05) is 23.0 Å². The Morgan fingerprint density at radius 3 is 1.87 bits per heavy atom. The molecule has 3 aliphatic rings. The summed E-state index contributed by atoms with van der Waals surface area (Å²) in [6.07, 6.45) is 11.4. The van der Waals surface area contributed by atoms with Crippen molar-refractivity contribution in [2.45, 2.75) is 38.0 Å². The highest BCUT2D eigenvalue weighted by Crippen LogP contribution is 2.57. The Morgan fingerprint density at radius 2 is 1.05 bits per heavy atom. The van der Waals surface area contributed by atoms with Crippen molar-refractivity contribution in [3.05, 3.63) is 222 Å². The molecule has 2 atom stereocenters. The first-order valence-corrected chi connectivity index (χ1v) is 21.6. The van der Waals surface area contributed by atoms with E-state index in [1.165, 1.54) is 105 Å². The molecule has 1 heterocycles. The van der Waals surface area contributed by atoms with Crippen LogP contribution in [0.3, 0.4) is 0 Å². The molecule has 0 amide bonds. The molecule has 9 aromatic carbocycles. The summed E-state index contributed by atoms with van der Waals surface area (Å²) in [5, 5.41) is 7.84. The summed E-state index contributed by atoms with van der Waals surface area (Å²) in [5.41, 5.74) is 17.1. The van der Waals surface area contributed by atoms with Crippen molar-refractivity contribution in [3.8, 4) is 33.4 Å². The van der Waals surface area contributed by atoms with Gasteiger partial charge in [-0.1, -0.05) is 172 Å². The van der Waals surface area contributed by atoms with Crippen molar-refractivity contribution in [2.75, 3.05) is 4.90 Å². The second-order valence-corrected chi connectivity index (χ2v) is 17.5. The van der Waals surface area contributed by atoms with Crippen molar-refractivity contribution < 1.29 is 0 Å². The van der Waals surface area contributed by atoms with Gasteiger partial charge in [0.15, 0.2) is 0 Å². The molecule has 1 heteroatoms. The minimum Gasteiger partial charge on any atom is -0.310 e. The first-order valence-electron chi connectivity index (χ1n) is 21.6.